The molecule has 1 aromatic carbocycles. The maximum absolute atomic E-state index is 11.4. The highest BCUT2D eigenvalue weighted by Crippen LogP contribution is 2.28. The van der Waals surface area contributed by atoms with E-state index in [2.05, 4.69) is 5.92 Å². The largest absolute Gasteiger partial charge is 0.479 e. The number of benzene rings is 1. The highest BCUT2D eigenvalue weighted by atomic mass is 32.2. The third kappa shape index (κ3) is 2.75. The first-order chi connectivity index (χ1) is 7.36. The first kappa shape index (κ1) is 12.6. The van der Waals surface area contributed by atoms with Gasteiger partial charge in [0.1, 0.15) is 17.3 Å². The van der Waals surface area contributed by atoms with Crippen molar-refractivity contribution in [2.24, 2.45) is 5.14 Å². The van der Waals surface area contributed by atoms with Crippen LogP contribution in [0.4, 0.5) is 0 Å². The Bertz CT molecular complexity index is 541. The molecule has 0 unspecified atom stereocenters. The van der Waals surface area contributed by atoms with Gasteiger partial charge >= 0.3 is 0 Å². The van der Waals surface area contributed by atoms with Gasteiger partial charge in [-0.3, -0.25) is 0 Å². The summed E-state index contributed by atoms with van der Waals surface area (Å²) < 4.78 is 27.9. The van der Waals surface area contributed by atoms with Crippen LogP contribution in [0.5, 0.6) is 5.75 Å². The van der Waals surface area contributed by atoms with Crippen LogP contribution in [0.25, 0.3) is 0 Å². The van der Waals surface area contributed by atoms with E-state index in [1.807, 2.05) is 0 Å². The highest BCUT2D eigenvalue weighted by molar-refractivity contribution is 7.89. The average molecular weight is 239 g/mol. The van der Waals surface area contributed by atoms with Crippen molar-refractivity contribution in [1.29, 1.82) is 0 Å². The lowest BCUT2D eigenvalue weighted by molar-refractivity contribution is 0.357. The van der Waals surface area contributed by atoms with Crippen molar-refractivity contribution in [2.75, 3.05) is 6.61 Å². The van der Waals surface area contributed by atoms with E-state index in [1.165, 1.54) is 6.07 Å². The van der Waals surface area contributed by atoms with Crippen LogP contribution >= 0.6 is 0 Å². The molecule has 0 aliphatic carbocycles. The second-order valence-corrected chi connectivity index (χ2v) is 4.98. The molecule has 2 N–H and O–H groups in total. The quantitative estimate of drug-likeness (QED) is 0.799. The lowest BCUT2D eigenvalue weighted by Crippen LogP contribution is -2.15. The van der Waals surface area contributed by atoms with Crippen LogP contribution < -0.4 is 9.88 Å². The van der Waals surface area contributed by atoms with Gasteiger partial charge in [0.15, 0.2) is 0 Å². The number of primary sulfonamides is 1. The lowest BCUT2D eigenvalue weighted by Gasteiger charge is -2.12. The first-order valence-corrected chi connectivity index (χ1v) is 6.11. The van der Waals surface area contributed by atoms with E-state index in [0.29, 0.717) is 5.56 Å². The number of terminal acetylenes is 1. The van der Waals surface area contributed by atoms with Crippen LogP contribution in [0.1, 0.15) is 11.1 Å². The number of ether oxygens (including phenoxy) is 1. The minimum atomic E-state index is -3.80. The predicted molar refractivity (Wildman–Crippen MR) is 61.6 cm³/mol. The molecule has 0 saturated carbocycles. The van der Waals surface area contributed by atoms with Crippen molar-refractivity contribution in [3.05, 3.63) is 23.3 Å². The van der Waals surface area contributed by atoms with Gasteiger partial charge in [-0.15, -0.1) is 6.42 Å². The summed E-state index contributed by atoms with van der Waals surface area (Å²) in [6.45, 7) is 3.53. The van der Waals surface area contributed by atoms with Crippen molar-refractivity contribution < 1.29 is 13.2 Å². The molecule has 0 amide bonds. The second-order valence-electron chi connectivity index (χ2n) is 3.45. The van der Waals surface area contributed by atoms with E-state index in [9.17, 15) is 8.42 Å². The number of nitrogens with two attached hydrogens (primary N) is 1. The van der Waals surface area contributed by atoms with Gasteiger partial charge in [-0.25, -0.2) is 13.6 Å². The molecule has 0 saturated heterocycles. The molecule has 0 aliphatic heterocycles. The maximum atomic E-state index is 11.4. The standard InChI is InChI=1S/C11H13NO3S/c1-4-5-15-11-9(3)6-8(2)7-10(11)16(12,13)14/h1,6-7H,5H2,2-3H3,(H2,12,13,14). The Morgan fingerprint density at radius 1 is 1.44 bits per heavy atom. The van der Waals surface area contributed by atoms with Crippen LogP contribution in [-0.4, -0.2) is 15.0 Å². The van der Waals surface area contributed by atoms with Crippen LogP contribution in [-0.2, 0) is 10.0 Å². The molecule has 16 heavy (non-hydrogen) atoms. The van der Waals surface area contributed by atoms with Crippen molar-refractivity contribution in [3.63, 3.8) is 0 Å². The third-order valence-corrected chi connectivity index (χ3v) is 2.91. The minimum absolute atomic E-state index is 0.00637. The molecular weight excluding hydrogens is 226 g/mol. The van der Waals surface area contributed by atoms with Gasteiger partial charge in [-0.05, 0) is 31.0 Å². The summed E-state index contributed by atoms with van der Waals surface area (Å²) in [7, 11) is -3.80. The van der Waals surface area contributed by atoms with Crippen molar-refractivity contribution >= 4 is 10.0 Å². The molecule has 0 radical (unpaired) electrons. The zero-order valence-electron chi connectivity index (χ0n) is 9.15. The second kappa shape index (κ2) is 4.56. The molecule has 1 aromatic rings. The monoisotopic (exact) mass is 239 g/mol. The molecular formula is C11H13NO3S. The minimum Gasteiger partial charge on any atom is -0.479 e. The fourth-order valence-electron chi connectivity index (χ4n) is 1.43. The molecule has 0 atom stereocenters. The van der Waals surface area contributed by atoms with Gasteiger partial charge in [0.2, 0.25) is 10.0 Å². The Morgan fingerprint density at radius 3 is 2.56 bits per heavy atom. The molecule has 5 heteroatoms. The molecule has 0 heterocycles. The van der Waals surface area contributed by atoms with Crippen molar-refractivity contribution in [3.8, 4) is 18.1 Å². The summed E-state index contributed by atoms with van der Waals surface area (Å²) in [4.78, 5) is -0.0275. The number of aryl methyl sites for hydroxylation is 2. The van der Waals surface area contributed by atoms with Crippen LogP contribution in [0.2, 0.25) is 0 Å². The molecule has 4 nitrogen and oxygen atoms in total. The number of rotatable bonds is 3. The molecule has 0 aliphatic rings. The Labute approximate surface area is 95.5 Å². The van der Waals surface area contributed by atoms with Crippen molar-refractivity contribution in [2.45, 2.75) is 18.7 Å². The lowest BCUT2D eigenvalue weighted by atomic mass is 10.1. The van der Waals surface area contributed by atoms with E-state index in [0.717, 1.165) is 5.56 Å². The van der Waals surface area contributed by atoms with Crippen LogP contribution in [0, 0.1) is 26.2 Å². The summed E-state index contributed by atoms with van der Waals surface area (Å²) >= 11 is 0. The molecule has 0 fully saturated rings. The van der Waals surface area contributed by atoms with E-state index < -0.39 is 10.0 Å². The Hall–Kier alpha value is -1.51. The van der Waals surface area contributed by atoms with E-state index >= 15 is 0 Å². The number of hydrogen-bond donors (Lipinski definition) is 1. The first-order valence-electron chi connectivity index (χ1n) is 4.56. The molecule has 1 rings (SSSR count). The fourth-order valence-corrected chi connectivity index (χ4v) is 2.25. The SMILES string of the molecule is C#CCOc1c(C)cc(C)cc1S(N)(=O)=O. The molecule has 86 valence electrons. The molecule has 0 aromatic heterocycles. The van der Waals surface area contributed by atoms with Gasteiger partial charge in [0.25, 0.3) is 0 Å². The maximum Gasteiger partial charge on any atom is 0.241 e. The summed E-state index contributed by atoms with van der Waals surface area (Å²) in [5.74, 6) is 2.51. The fraction of sp³-hybridized carbons (Fsp3) is 0.273. The zero-order chi connectivity index (χ0) is 12.3. The summed E-state index contributed by atoms with van der Waals surface area (Å²) in [6.07, 6.45) is 5.06. The average Bonchev–Trinajstić information content (AvgIpc) is 2.14. The predicted octanol–water partition coefficient (Wildman–Crippen LogP) is 0.963. The Kier molecular flexibility index (Phi) is 3.58. The zero-order valence-corrected chi connectivity index (χ0v) is 9.97. The molecule has 0 bridgehead atoms. The Morgan fingerprint density at radius 2 is 2.06 bits per heavy atom. The smallest absolute Gasteiger partial charge is 0.241 e. The number of sulfonamides is 1. The summed E-state index contributed by atoms with van der Waals surface area (Å²) in [5, 5.41) is 5.11. The summed E-state index contributed by atoms with van der Waals surface area (Å²) in [5.41, 5.74) is 1.49. The van der Waals surface area contributed by atoms with E-state index in [4.69, 9.17) is 16.3 Å². The van der Waals surface area contributed by atoms with Gasteiger partial charge < -0.3 is 4.74 Å². The van der Waals surface area contributed by atoms with Gasteiger partial charge in [-0.2, -0.15) is 0 Å². The van der Waals surface area contributed by atoms with Gasteiger partial charge in [-0.1, -0.05) is 12.0 Å². The summed E-state index contributed by atoms with van der Waals surface area (Å²) in [6, 6.07) is 3.27. The molecule has 0 spiro atoms. The van der Waals surface area contributed by atoms with Crippen molar-refractivity contribution in [1.82, 2.24) is 0 Å². The number of hydrogen-bond acceptors (Lipinski definition) is 3. The topological polar surface area (TPSA) is 69.4 Å². The van der Waals surface area contributed by atoms with Crippen LogP contribution in [0.3, 0.4) is 0 Å². The van der Waals surface area contributed by atoms with E-state index in [-0.39, 0.29) is 17.3 Å². The van der Waals surface area contributed by atoms with Crippen LogP contribution in [0.15, 0.2) is 17.0 Å². The normalized spacial score (nSPS) is 10.9. The van der Waals surface area contributed by atoms with E-state index in [1.54, 1.807) is 19.9 Å². The van der Waals surface area contributed by atoms with Gasteiger partial charge in [0.05, 0.1) is 0 Å². The third-order valence-electron chi connectivity index (χ3n) is 1.99. The van der Waals surface area contributed by atoms with Gasteiger partial charge in [0, 0.05) is 0 Å². The highest BCUT2D eigenvalue weighted by Gasteiger charge is 2.17. The Balaban J connectivity index is 3.40.